The minimum absolute atomic E-state index is 0.124. The van der Waals surface area contributed by atoms with E-state index in [2.05, 4.69) is 0 Å². The van der Waals surface area contributed by atoms with Gasteiger partial charge in [0.2, 0.25) is 0 Å². The summed E-state index contributed by atoms with van der Waals surface area (Å²) in [4.78, 5) is 22.3. The van der Waals surface area contributed by atoms with E-state index in [-0.39, 0.29) is 23.0 Å². The van der Waals surface area contributed by atoms with Crippen LogP contribution >= 0.6 is 0 Å². The molecule has 1 rings (SSSR count). The Labute approximate surface area is 105 Å². The summed E-state index contributed by atoms with van der Waals surface area (Å²) >= 11 is 0. The Hall–Kier alpha value is -2.22. The average molecular weight is 246 g/mol. The number of nitro benzene ring substituents is 1. The molecule has 0 radical (unpaired) electrons. The van der Waals surface area contributed by atoms with Crippen molar-refractivity contribution in [2.75, 3.05) is 0 Å². The topological polar surface area (TPSA) is 84.0 Å². The Morgan fingerprint density at radius 3 is 2.50 bits per heavy atom. The second-order valence-corrected chi connectivity index (χ2v) is 4.47. The van der Waals surface area contributed by atoms with Crippen molar-refractivity contribution in [1.29, 1.82) is 5.26 Å². The molecular weight excluding hydrogens is 232 g/mol. The van der Waals surface area contributed by atoms with E-state index in [1.165, 1.54) is 18.2 Å². The Bertz CT molecular complexity index is 530. The van der Waals surface area contributed by atoms with Crippen LogP contribution in [0.5, 0.6) is 0 Å². The van der Waals surface area contributed by atoms with E-state index in [1.807, 2.05) is 6.07 Å². The summed E-state index contributed by atoms with van der Waals surface area (Å²) in [5.74, 6) is -1.25. The predicted octanol–water partition coefficient (Wildman–Crippen LogP) is 2.88. The van der Waals surface area contributed by atoms with Gasteiger partial charge in [-0.05, 0) is 18.4 Å². The largest absolute Gasteiger partial charge is 0.293 e. The van der Waals surface area contributed by atoms with E-state index < -0.39 is 10.8 Å². The van der Waals surface area contributed by atoms with Gasteiger partial charge in [0.25, 0.3) is 5.69 Å². The summed E-state index contributed by atoms with van der Waals surface area (Å²) in [6, 6.07) is 6.07. The van der Waals surface area contributed by atoms with Gasteiger partial charge in [0.05, 0.1) is 11.0 Å². The number of nitro groups is 1. The maximum absolute atomic E-state index is 12.2. The molecule has 0 amide bonds. The highest BCUT2D eigenvalue weighted by atomic mass is 16.6. The van der Waals surface area contributed by atoms with Crippen molar-refractivity contribution in [3.63, 3.8) is 0 Å². The van der Waals surface area contributed by atoms with Crippen LogP contribution in [0.3, 0.4) is 0 Å². The molecule has 1 aromatic rings. The molecule has 0 spiro atoms. The number of aryl methyl sites for hydroxylation is 1. The van der Waals surface area contributed by atoms with E-state index in [0.29, 0.717) is 5.56 Å². The summed E-state index contributed by atoms with van der Waals surface area (Å²) in [7, 11) is 0. The maximum atomic E-state index is 12.2. The number of non-ortho nitro benzene ring substituents is 1. The second kappa shape index (κ2) is 5.41. The quantitative estimate of drug-likeness (QED) is 0.464. The van der Waals surface area contributed by atoms with Crippen molar-refractivity contribution in [1.82, 2.24) is 0 Å². The standard InChI is InChI=1S/C13H14N2O3/c1-8(2)12(7-14)13(16)11-6-10(15(17)18)5-4-9(11)3/h4-6,8,12H,1-3H3. The average Bonchev–Trinajstić information content (AvgIpc) is 2.29. The first kappa shape index (κ1) is 13.8. The van der Waals surface area contributed by atoms with Gasteiger partial charge in [0.1, 0.15) is 5.92 Å². The molecule has 0 saturated heterocycles. The lowest BCUT2D eigenvalue weighted by Crippen LogP contribution is -2.19. The summed E-state index contributed by atoms with van der Waals surface area (Å²) in [5.41, 5.74) is 0.764. The summed E-state index contributed by atoms with van der Waals surface area (Å²) in [5, 5.41) is 19.7. The number of ketones is 1. The predicted molar refractivity (Wildman–Crippen MR) is 66.1 cm³/mol. The monoisotopic (exact) mass is 246 g/mol. The smallest absolute Gasteiger partial charge is 0.270 e. The van der Waals surface area contributed by atoms with Crippen LogP contribution in [0, 0.1) is 40.2 Å². The molecule has 0 bridgehead atoms. The molecule has 1 atom stereocenters. The molecule has 0 aromatic heterocycles. The van der Waals surface area contributed by atoms with Gasteiger partial charge >= 0.3 is 0 Å². The van der Waals surface area contributed by atoms with Gasteiger partial charge in [-0.15, -0.1) is 0 Å². The second-order valence-electron chi connectivity index (χ2n) is 4.47. The third-order valence-electron chi connectivity index (χ3n) is 2.79. The van der Waals surface area contributed by atoms with Crippen LogP contribution in [-0.4, -0.2) is 10.7 Å². The molecule has 0 heterocycles. The first-order valence-electron chi connectivity index (χ1n) is 5.57. The minimum Gasteiger partial charge on any atom is -0.293 e. The van der Waals surface area contributed by atoms with E-state index in [0.717, 1.165) is 0 Å². The van der Waals surface area contributed by atoms with E-state index >= 15 is 0 Å². The Balaban J connectivity index is 3.24. The number of carbonyl (C=O) groups excluding carboxylic acids is 1. The number of nitriles is 1. The van der Waals surface area contributed by atoms with Crippen LogP contribution in [0.2, 0.25) is 0 Å². The number of hydrogen-bond donors (Lipinski definition) is 0. The van der Waals surface area contributed by atoms with Gasteiger partial charge in [-0.25, -0.2) is 0 Å². The van der Waals surface area contributed by atoms with Crippen LogP contribution < -0.4 is 0 Å². The highest BCUT2D eigenvalue weighted by Crippen LogP contribution is 2.23. The highest BCUT2D eigenvalue weighted by Gasteiger charge is 2.25. The number of nitrogens with zero attached hydrogens (tertiary/aromatic N) is 2. The van der Waals surface area contributed by atoms with Gasteiger partial charge in [-0.2, -0.15) is 5.26 Å². The number of Topliss-reactive ketones (excluding diaryl/α,β-unsaturated/α-hetero) is 1. The van der Waals surface area contributed by atoms with Crippen LogP contribution in [0.25, 0.3) is 0 Å². The maximum Gasteiger partial charge on any atom is 0.270 e. The third-order valence-corrected chi connectivity index (χ3v) is 2.79. The molecule has 1 aromatic carbocycles. The fourth-order valence-electron chi connectivity index (χ4n) is 1.67. The van der Waals surface area contributed by atoms with Crippen LogP contribution in [0.4, 0.5) is 5.69 Å². The molecule has 5 heteroatoms. The molecule has 1 unspecified atom stereocenters. The minimum atomic E-state index is -0.772. The number of hydrogen-bond acceptors (Lipinski definition) is 4. The normalized spacial score (nSPS) is 11.9. The molecule has 0 fully saturated rings. The zero-order valence-electron chi connectivity index (χ0n) is 10.5. The van der Waals surface area contributed by atoms with Gasteiger partial charge in [0.15, 0.2) is 5.78 Å². The SMILES string of the molecule is Cc1ccc([N+](=O)[O-])cc1C(=O)C(C#N)C(C)C. The zero-order valence-corrected chi connectivity index (χ0v) is 10.5. The molecule has 0 aliphatic heterocycles. The first-order chi connectivity index (χ1) is 8.38. The van der Waals surface area contributed by atoms with E-state index in [4.69, 9.17) is 5.26 Å². The van der Waals surface area contributed by atoms with Crippen LogP contribution in [0.1, 0.15) is 29.8 Å². The summed E-state index contributed by atoms with van der Waals surface area (Å²) in [6.45, 7) is 5.25. The highest BCUT2D eigenvalue weighted by molar-refractivity contribution is 6.01. The molecule has 0 saturated carbocycles. The third kappa shape index (κ3) is 2.72. The van der Waals surface area contributed by atoms with Gasteiger partial charge in [-0.1, -0.05) is 19.9 Å². The molecule has 0 aliphatic rings. The zero-order chi connectivity index (χ0) is 13.9. The van der Waals surface area contributed by atoms with Crippen molar-refractivity contribution in [2.24, 2.45) is 11.8 Å². The summed E-state index contributed by atoms with van der Waals surface area (Å²) < 4.78 is 0. The van der Waals surface area contributed by atoms with Crippen molar-refractivity contribution in [3.8, 4) is 6.07 Å². The Morgan fingerprint density at radius 1 is 1.44 bits per heavy atom. The molecular formula is C13H14N2O3. The lowest BCUT2D eigenvalue weighted by molar-refractivity contribution is -0.384. The molecule has 0 aliphatic carbocycles. The van der Waals surface area contributed by atoms with Crippen LogP contribution in [-0.2, 0) is 0 Å². The number of benzene rings is 1. The van der Waals surface area contributed by atoms with Crippen molar-refractivity contribution in [3.05, 3.63) is 39.4 Å². The van der Waals surface area contributed by atoms with Crippen molar-refractivity contribution >= 4 is 11.5 Å². The van der Waals surface area contributed by atoms with Crippen molar-refractivity contribution < 1.29 is 9.72 Å². The van der Waals surface area contributed by atoms with Crippen molar-refractivity contribution in [2.45, 2.75) is 20.8 Å². The molecule has 5 nitrogen and oxygen atoms in total. The number of carbonyl (C=O) groups is 1. The first-order valence-corrected chi connectivity index (χ1v) is 5.57. The fourth-order valence-corrected chi connectivity index (χ4v) is 1.67. The van der Waals surface area contributed by atoms with Gasteiger partial charge in [-0.3, -0.25) is 14.9 Å². The van der Waals surface area contributed by atoms with Crippen LogP contribution in [0.15, 0.2) is 18.2 Å². The molecule has 18 heavy (non-hydrogen) atoms. The summed E-state index contributed by atoms with van der Waals surface area (Å²) in [6.07, 6.45) is 0. The lowest BCUT2D eigenvalue weighted by atomic mass is 9.87. The van der Waals surface area contributed by atoms with E-state index in [1.54, 1.807) is 20.8 Å². The Kier molecular flexibility index (Phi) is 4.16. The Morgan fingerprint density at radius 2 is 2.06 bits per heavy atom. The van der Waals surface area contributed by atoms with Gasteiger partial charge < -0.3 is 0 Å². The van der Waals surface area contributed by atoms with Gasteiger partial charge in [0, 0.05) is 17.7 Å². The van der Waals surface area contributed by atoms with E-state index in [9.17, 15) is 14.9 Å². The lowest BCUT2D eigenvalue weighted by Gasteiger charge is -2.13. The fraction of sp³-hybridized carbons (Fsp3) is 0.385. The number of rotatable bonds is 4. The molecule has 0 N–H and O–H groups in total. The molecule has 94 valence electrons.